The number of hydrogen-bond acceptors (Lipinski definition) is 3. The summed E-state index contributed by atoms with van der Waals surface area (Å²) >= 11 is 0. The van der Waals surface area contributed by atoms with Gasteiger partial charge in [-0.05, 0) is 13.8 Å². The van der Waals surface area contributed by atoms with Crippen molar-refractivity contribution in [2.45, 2.75) is 25.9 Å². The molecular weight excluding hydrogens is 160 g/mol. The maximum absolute atomic E-state index is 11.1. The van der Waals surface area contributed by atoms with E-state index in [0.717, 1.165) is 0 Å². The van der Waals surface area contributed by atoms with Crippen molar-refractivity contribution in [1.29, 1.82) is 0 Å². The predicted molar refractivity (Wildman–Crippen MR) is 41.6 cm³/mol. The van der Waals surface area contributed by atoms with Gasteiger partial charge in [0.1, 0.15) is 6.04 Å². The Morgan fingerprint density at radius 3 is 2.67 bits per heavy atom. The minimum Gasteiger partial charge on any atom is -0.464 e. The first-order valence-electron chi connectivity index (χ1n) is 3.88. The molecule has 2 amide bonds. The monoisotopic (exact) mass is 172 g/mol. The number of rotatable bonds is 2. The van der Waals surface area contributed by atoms with E-state index in [1.54, 1.807) is 13.8 Å². The largest absolute Gasteiger partial charge is 0.464 e. The van der Waals surface area contributed by atoms with Gasteiger partial charge >= 0.3 is 12.0 Å². The van der Waals surface area contributed by atoms with E-state index in [0.29, 0.717) is 6.61 Å². The van der Waals surface area contributed by atoms with E-state index in [2.05, 4.69) is 10.6 Å². The highest BCUT2D eigenvalue weighted by Crippen LogP contribution is 2.02. The van der Waals surface area contributed by atoms with Crippen LogP contribution in [-0.2, 0) is 9.53 Å². The number of amides is 2. The van der Waals surface area contributed by atoms with Gasteiger partial charge in [-0.25, -0.2) is 9.59 Å². The van der Waals surface area contributed by atoms with Crippen molar-refractivity contribution in [3.05, 3.63) is 0 Å². The van der Waals surface area contributed by atoms with Crippen molar-refractivity contribution in [3.8, 4) is 0 Å². The van der Waals surface area contributed by atoms with Gasteiger partial charge in [0.25, 0.3) is 0 Å². The number of esters is 1. The zero-order valence-corrected chi connectivity index (χ0v) is 7.09. The van der Waals surface area contributed by atoms with Gasteiger partial charge in [-0.1, -0.05) is 0 Å². The quantitative estimate of drug-likeness (QED) is 0.558. The highest BCUT2D eigenvalue weighted by Gasteiger charge is 2.34. The van der Waals surface area contributed by atoms with Crippen LogP contribution in [0.3, 0.4) is 0 Å². The topological polar surface area (TPSA) is 67.4 Å². The van der Waals surface area contributed by atoms with E-state index in [-0.39, 0.29) is 18.0 Å². The number of carbonyl (C=O) groups excluding carboxylic acids is 2. The fourth-order valence-electron chi connectivity index (χ4n) is 1.09. The Labute approximate surface area is 70.5 Å². The van der Waals surface area contributed by atoms with Crippen LogP contribution in [0.25, 0.3) is 0 Å². The van der Waals surface area contributed by atoms with E-state index >= 15 is 0 Å². The molecule has 1 aliphatic heterocycles. The lowest BCUT2D eigenvalue weighted by Gasteiger charge is -2.11. The molecule has 12 heavy (non-hydrogen) atoms. The Morgan fingerprint density at radius 1 is 1.58 bits per heavy atom. The average molecular weight is 172 g/mol. The minimum absolute atomic E-state index is 0.198. The Balaban J connectivity index is 2.52. The lowest BCUT2D eigenvalue weighted by molar-refractivity contribution is -0.145. The van der Waals surface area contributed by atoms with Gasteiger partial charge in [0.05, 0.1) is 12.6 Å². The second-order valence-corrected chi connectivity index (χ2v) is 2.64. The van der Waals surface area contributed by atoms with Gasteiger partial charge in [-0.3, -0.25) is 0 Å². The first kappa shape index (κ1) is 8.83. The molecule has 2 unspecified atom stereocenters. The zero-order valence-electron chi connectivity index (χ0n) is 7.09. The molecule has 1 saturated heterocycles. The molecule has 5 heteroatoms. The normalized spacial score (nSPS) is 27.7. The van der Waals surface area contributed by atoms with Crippen LogP contribution in [0.15, 0.2) is 0 Å². The summed E-state index contributed by atoms with van der Waals surface area (Å²) < 4.78 is 4.75. The van der Waals surface area contributed by atoms with Crippen molar-refractivity contribution in [1.82, 2.24) is 10.6 Å². The van der Waals surface area contributed by atoms with Gasteiger partial charge in [-0.2, -0.15) is 0 Å². The Hall–Kier alpha value is -1.26. The molecular formula is C7H12N2O3. The van der Waals surface area contributed by atoms with Gasteiger partial charge in [0.2, 0.25) is 0 Å². The molecule has 1 fully saturated rings. The third-order valence-electron chi connectivity index (χ3n) is 1.69. The standard InChI is InChI=1S/C7H12N2O3/c1-3-12-6(10)5-4(2)8-7(11)9-5/h4-5H,3H2,1-2H3,(H2,8,9,11). The summed E-state index contributed by atoms with van der Waals surface area (Å²) in [5, 5.41) is 5.02. The molecule has 1 aliphatic rings. The lowest BCUT2D eigenvalue weighted by Crippen LogP contribution is -2.40. The second-order valence-electron chi connectivity index (χ2n) is 2.64. The summed E-state index contributed by atoms with van der Waals surface area (Å²) in [5.74, 6) is -0.386. The maximum atomic E-state index is 11.1. The molecule has 0 aromatic rings. The van der Waals surface area contributed by atoms with Crippen LogP contribution in [0.1, 0.15) is 13.8 Å². The van der Waals surface area contributed by atoms with Crippen molar-refractivity contribution < 1.29 is 14.3 Å². The number of carbonyl (C=O) groups is 2. The number of nitrogens with one attached hydrogen (secondary N) is 2. The molecule has 1 rings (SSSR count). The van der Waals surface area contributed by atoms with Crippen LogP contribution in [0.4, 0.5) is 4.79 Å². The SMILES string of the molecule is CCOC(=O)C1NC(=O)NC1C. The zero-order chi connectivity index (χ0) is 9.14. The maximum Gasteiger partial charge on any atom is 0.330 e. The molecule has 0 saturated carbocycles. The Kier molecular flexibility index (Phi) is 2.52. The predicted octanol–water partition coefficient (Wildman–Crippen LogP) is -0.381. The summed E-state index contributed by atoms with van der Waals surface area (Å²) in [6.07, 6.45) is 0. The molecule has 0 aliphatic carbocycles. The summed E-state index contributed by atoms with van der Waals surface area (Å²) in [5.41, 5.74) is 0. The highest BCUT2D eigenvalue weighted by atomic mass is 16.5. The smallest absolute Gasteiger partial charge is 0.330 e. The summed E-state index contributed by atoms with van der Waals surface area (Å²) in [6, 6.07) is -1.06. The van der Waals surface area contributed by atoms with Gasteiger partial charge in [-0.15, -0.1) is 0 Å². The third-order valence-corrected chi connectivity index (χ3v) is 1.69. The number of hydrogen-bond donors (Lipinski definition) is 2. The van der Waals surface area contributed by atoms with Crippen molar-refractivity contribution in [2.24, 2.45) is 0 Å². The highest BCUT2D eigenvalue weighted by molar-refractivity contribution is 5.88. The van der Waals surface area contributed by atoms with E-state index < -0.39 is 6.04 Å². The lowest BCUT2D eigenvalue weighted by atomic mass is 10.2. The van der Waals surface area contributed by atoms with Crippen LogP contribution in [-0.4, -0.2) is 30.7 Å². The Bertz CT molecular complexity index is 205. The molecule has 2 N–H and O–H groups in total. The second kappa shape index (κ2) is 3.42. The van der Waals surface area contributed by atoms with Gasteiger partial charge < -0.3 is 15.4 Å². The van der Waals surface area contributed by atoms with Crippen molar-refractivity contribution in [3.63, 3.8) is 0 Å². The van der Waals surface area contributed by atoms with E-state index in [1.165, 1.54) is 0 Å². The van der Waals surface area contributed by atoms with Crippen molar-refractivity contribution in [2.75, 3.05) is 6.61 Å². The van der Waals surface area contributed by atoms with E-state index in [4.69, 9.17) is 4.74 Å². The molecule has 0 aromatic heterocycles. The molecule has 1 heterocycles. The number of urea groups is 1. The molecule has 5 nitrogen and oxygen atoms in total. The van der Waals surface area contributed by atoms with Crippen LogP contribution in [0, 0.1) is 0 Å². The van der Waals surface area contributed by atoms with Crippen LogP contribution < -0.4 is 10.6 Å². The van der Waals surface area contributed by atoms with Gasteiger partial charge in [0.15, 0.2) is 0 Å². The first-order chi connectivity index (χ1) is 5.65. The van der Waals surface area contributed by atoms with Gasteiger partial charge in [0, 0.05) is 0 Å². The van der Waals surface area contributed by atoms with Crippen molar-refractivity contribution >= 4 is 12.0 Å². The fourth-order valence-corrected chi connectivity index (χ4v) is 1.09. The minimum atomic E-state index is -0.544. The molecule has 2 atom stereocenters. The van der Waals surface area contributed by atoms with Crippen LogP contribution in [0.2, 0.25) is 0 Å². The number of ether oxygens (including phenoxy) is 1. The molecule has 0 bridgehead atoms. The molecule has 68 valence electrons. The average Bonchev–Trinajstić information content (AvgIpc) is 2.30. The van der Waals surface area contributed by atoms with Crippen LogP contribution in [0.5, 0.6) is 0 Å². The first-order valence-corrected chi connectivity index (χ1v) is 3.88. The summed E-state index contributed by atoms with van der Waals surface area (Å²) in [7, 11) is 0. The summed E-state index contributed by atoms with van der Waals surface area (Å²) in [4.78, 5) is 21.9. The van der Waals surface area contributed by atoms with Crippen LogP contribution >= 0.6 is 0 Å². The summed E-state index contributed by atoms with van der Waals surface area (Å²) in [6.45, 7) is 3.81. The van der Waals surface area contributed by atoms with E-state index in [1.807, 2.05) is 0 Å². The molecule has 0 radical (unpaired) electrons. The molecule has 0 spiro atoms. The Morgan fingerprint density at radius 2 is 2.25 bits per heavy atom. The third kappa shape index (κ3) is 1.66. The fraction of sp³-hybridized carbons (Fsp3) is 0.714. The molecule has 0 aromatic carbocycles. The van der Waals surface area contributed by atoms with E-state index in [9.17, 15) is 9.59 Å².